The second kappa shape index (κ2) is 3.30. The summed E-state index contributed by atoms with van der Waals surface area (Å²) in [6.07, 6.45) is 3.98. The van der Waals surface area contributed by atoms with Crippen molar-refractivity contribution in [2.24, 2.45) is 0 Å². The van der Waals surface area contributed by atoms with Crippen molar-refractivity contribution in [1.29, 1.82) is 0 Å². The minimum atomic E-state index is -0.414. The molecular weight excluding hydrogens is 207 g/mol. The zero-order valence-corrected chi connectivity index (χ0v) is 8.60. The van der Waals surface area contributed by atoms with Crippen LogP contribution in [0, 0.1) is 5.82 Å². The number of benzene rings is 1. The lowest BCUT2D eigenvalue weighted by Gasteiger charge is -2.05. The molecule has 0 unspecified atom stereocenters. The van der Waals surface area contributed by atoms with E-state index in [9.17, 15) is 4.39 Å². The molecule has 1 heterocycles. The third-order valence-electron chi connectivity index (χ3n) is 2.77. The Morgan fingerprint density at radius 1 is 1.38 bits per heavy atom. The van der Waals surface area contributed by atoms with Crippen LogP contribution in [0.25, 0.3) is 11.4 Å². The van der Waals surface area contributed by atoms with Gasteiger partial charge in [0.25, 0.3) is 0 Å². The molecule has 0 bridgehead atoms. The van der Waals surface area contributed by atoms with Gasteiger partial charge in [-0.05, 0) is 31.0 Å². The SMILES string of the molecule is Nc1ccc(-c2nncn2C2CC2)cc1F. The van der Waals surface area contributed by atoms with Gasteiger partial charge in [0, 0.05) is 11.6 Å². The summed E-state index contributed by atoms with van der Waals surface area (Å²) < 4.78 is 15.3. The van der Waals surface area contributed by atoms with Crippen molar-refractivity contribution in [2.75, 3.05) is 5.73 Å². The van der Waals surface area contributed by atoms with Crippen LogP contribution >= 0.6 is 0 Å². The van der Waals surface area contributed by atoms with Crippen LogP contribution in [0.5, 0.6) is 0 Å². The fourth-order valence-electron chi connectivity index (χ4n) is 1.74. The van der Waals surface area contributed by atoms with Gasteiger partial charge in [-0.3, -0.25) is 0 Å². The molecule has 4 nitrogen and oxygen atoms in total. The van der Waals surface area contributed by atoms with Gasteiger partial charge in [-0.25, -0.2) is 4.39 Å². The van der Waals surface area contributed by atoms with E-state index in [0.717, 1.165) is 18.4 Å². The second-order valence-electron chi connectivity index (χ2n) is 4.03. The topological polar surface area (TPSA) is 56.7 Å². The summed E-state index contributed by atoms with van der Waals surface area (Å²) in [6.45, 7) is 0. The van der Waals surface area contributed by atoms with Crippen molar-refractivity contribution in [2.45, 2.75) is 18.9 Å². The number of nitrogen functional groups attached to an aromatic ring is 1. The van der Waals surface area contributed by atoms with Gasteiger partial charge in [0.1, 0.15) is 12.1 Å². The molecule has 0 saturated heterocycles. The average Bonchev–Trinajstić information content (AvgIpc) is 3.01. The maximum absolute atomic E-state index is 13.3. The lowest BCUT2D eigenvalue weighted by atomic mass is 10.2. The molecule has 1 aliphatic carbocycles. The summed E-state index contributed by atoms with van der Waals surface area (Å²) in [4.78, 5) is 0. The number of nitrogens with zero attached hydrogens (tertiary/aromatic N) is 3. The van der Waals surface area contributed by atoms with E-state index >= 15 is 0 Å². The minimum Gasteiger partial charge on any atom is -0.396 e. The number of hydrogen-bond acceptors (Lipinski definition) is 3. The predicted molar refractivity (Wildman–Crippen MR) is 58.1 cm³/mol. The molecule has 1 aliphatic rings. The maximum Gasteiger partial charge on any atom is 0.164 e. The van der Waals surface area contributed by atoms with Crippen molar-refractivity contribution < 1.29 is 4.39 Å². The molecule has 5 heteroatoms. The van der Waals surface area contributed by atoms with E-state index in [0.29, 0.717) is 11.9 Å². The maximum atomic E-state index is 13.3. The van der Waals surface area contributed by atoms with Gasteiger partial charge in [0.2, 0.25) is 0 Å². The summed E-state index contributed by atoms with van der Waals surface area (Å²) in [5.74, 6) is 0.296. The third kappa shape index (κ3) is 1.44. The fourth-order valence-corrected chi connectivity index (χ4v) is 1.74. The molecular formula is C11H11FN4. The monoisotopic (exact) mass is 218 g/mol. The van der Waals surface area contributed by atoms with Crippen LogP contribution in [-0.4, -0.2) is 14.8 Å². The van der Waals surface area contributed by atoms with Crippen LogP contribution < -0.4 is 5.73 Å². The zero-order valence-electron chi connectivity index (χ0n) is 8.60. The Kier molecular flexibility index (Phi) is 1.92. The van der Waals surface area contributed by atoms with Gasteiger partial charge >= 0.3 is 0 Å². The summed E-state index contributed by atoms with van der Waals surface area (Å²) in [5, 5.41) is 7.90. The Labute approximate surface area is 91.9 Å². The van der Waals surface area contributed by atoms with E-state index in [1.807, 2.05) is 4.57 Å². The Morgan fingerprint density at radius 3 is 2.88 bits per heavy atom. The molecule has 2 N–H and O–H groups in total. The van der Waals surface area contributed by atoms with Gasteiger partial charge < -0.3 is 10.3 Å². The summed E-state index contributed by atoms with van der Waals surface area (Å²) >= 11 is 0. The Hall–Kier alpha value is -1.91. The van der Waals surface area contributed by atoms with Crippen LogP contribution in [0.15, 0.2) is 24.5 Å². The molecule has 1 saturated carbocycles. The normalized spacial score (nSPS) is 15.3. The molecule has 0 amide bonds. The van der Waals surface area contributed by atoms with E-state index < -0.39 is 5.82 Å². The first kappa shape index (κ1) is 9.33. The van der Waals surface area contributed by atoms with Crippen LogP contribution in [0.3, 0.4) is 0 Å². The number of halogens is 1. The minimum absolute atomic E-state index is 0.154. The number of hydrogen-bond donors (Lipinski definition) is 1. The van der Waals surface area contributed by atoms with Crippen LogP contribution in [0.4, 0.5) is 10.1 Å². The molecule has 1 aromatic heterocycles. The van der Waals surface area contributed by atoms with Gasteiger partial charge in [0.05, 0.1) is 5.69 Å². The lowest BCUT2D eigenvalue weighted by molar-refractivity contribution is 0.632. The molecule has 3 rings (SSSR count). The molecule has 0 aliphatic heterocycles. The lowest BCUT2D eigenvalue weighted by Crippen LogP contribution is -1.97. The number of anilines is 1. The highest BCUT2D eigenvalue weighted by Gasteiger charge is 2.26. The Morgan fingerprint density at radius 2 is 2.19 bits per heavy atom. The van der Waals surface area contributed by atoms with Crippen LogP contribution in [0.2, 0.25) is 0 Å². The zero-order chi connectivity index (χ0) is 11.1. The molecule has 16 heavy (non-hydrogen) atoms. The highest BCUT2D eigenvalue weighted by Crippen LogP contribution is 2.37. The molecule has 82 valence electrons. The smallest absolute Gasteiger partial charge is 0.164 e. The summed E-state index contributed by atoms with van der Waals surface area (Å²) in [6, 6.07) is 5.20. The number of nitrogens with two attached hydrogens (primary N) is 1. The van der Waals surface area contributed by atoms with Gasteiger partial charge in [-0.2, -0.15) is 0 Å². The van der Waals surface area contributed by atoms with Crippen molar-refractivity contribution in [3.63, 3.8) is 0 Å². The highest BCUT2D eigenvalue weighted by molar-refractivity contribution is 5.59. The Balaban J connectivity index is 2.07. The van der Waals surface area contributed by atoms with E-state index in [2.05, 4.69) is 10.2 Å². The molecule has 0 spiro atoms. The summed E-state index contributed by atoms with van der Waals surface area (Å²) in [7, 11) is 0. The first-order chi connectivity index (χ1) is 7.75. The van der Waals surface area contributed by atoms with E-state index in [4.69, 9.17) is 5.73 Å². The van der Waals surface area contributed by atoms with E-state index in [-0.39, 0.29) is 5.69 Å². The third-order valence-corrected chi connectivity index (χ3v) is 2.77. The molecule has 1 fully saturated rings. The quantitative estimate of drug-likeness (QED) is 0.784. The Bertz CT molecular complexity index is 531. The highest BCUT2D eigenvalue weighted by atomic mass is 19.1. The van der Waals surface area contributed by atoms with Gasteiger partial charge in [-0.1, -0.05) is 0 Å². The fraction of sp³-hybridized carbons (Fsp3) is 0.273. The van der Waals surface area contributed by atoms with Crippen molar-refractivity contribution in [3.8, 4) is 11.4 Å². The predicted octanol–water partition coefficient (Wildman–Crippen LogP) is 2.00. The van der Waals surface area contributed by atoms with Crippen molar-refractivity contribution >= 4 is 5.69 Å². The van der Waals surface area contributed by atoms with Crippen LogP contribution in [-0.2, 0) is 0 Å². The van der Waals surface area contributed by atoms with Gasteiger partial charge in [-0.15, -0.1) is 10.2 Å². The standard InChI is InChI=1S/C11H11FN4/c12-9-5-7(1-4-10(9)13)11-15-14-6-16(11)8-2-3-8/h1,4-6,8H,2-3,13H2. The van der Waals surface area contributed by atoms with Crippen molar-refractivity contribution in [1.82, 2.24) is 14.8 Å². The largest absolute Gasteiger partial charge is 0.396 e. The van der Waals surface area contributed by atoms with Crippen molar-refractivity contribution in [3.05, 3.63) is 30.3 Å². The molecule has 1 aromatic carbocycles. The number of rotatable bonds is 2. The average molecular weight is 218 g/mol. The second-order valence-corrected chi connectivity index (χ2v) is 4.03. The molecule has 2 aromatic rings. The molecule has 0 radical (unpaired) electrons. The van der Waals surface area contributed by atoms with Crippen LogP contribution in [0.1, 0.15) is 18.9 Å². The molecule has 0 atom stereocenters. The van der Waals surface area contributed by atoms with E-state index in [1.54, 1.807) is 18.5 Å². The summed E-state index contributed by atoms with van der Waals surface area (Å²) in [5.41, 5.74) is 6.31. The first-order valence-electron chi connectivity index (χ1n) is 5.20. The first-order valence-corrected chi connectivity index (χ1v) is 5.20. The number of aromatic nitrogens is 3. The van der Waals surface area contributed by atoms with E-state index in [1.165, 1.54) is 6.07 Å². The van der Waals surface area contributed by atoms with Gasteiger partial charge in [0.15, 0.2) is 5.82 Å².